The van der Waals surface area contributed by atoms with Crippen molar-refractivity contribution in [3.8, 4) is 6.07 Å². The smallest absolute Gasteiger partial charge is 0.0656 e. The molecule has 3 unspecified atom stereocenters. The summed E-state index contributed by atoms with van der Waals surface area (Å²) in [6, 6.07) is 2.37. The first-order valence-electron chi connectivity index (χ1n) is 3.65. The lowest BCUT2D eigenvalue weighted by atomic mass is 9.84. The maximum atomic E-state index is 8.55. The Morgan fingerprint density at radius 1 is 1.20 bits per heavy atom. The first-order chi connectivity index (χ1) is 4.74. The molecule has 0 heterocycles. The van der Waals surface area contributed by atoms with Gasteiger partial charge in [0.1, 0.15) is 0 Å². The minimum Gasteiger partial charge on any atom is -0.326 e. The standard InChI is InChI=1S/C7H13N3/c8-4-5-1-2-6(9)7(10)3-5/h5-7H,1-3,9-10H2. The first kappa shape index (κ1) is 7.52. The van der Waals surface area contributed by atoms with E-state index in [1.54, 1.807) is 0 Å². The van der Waals surface area contributed by atoms with Crippen LogP contribution in [0.1, 0.15) is 19.3 Å². The molecule has 0 aliphatic heterocycles. The molecule has 0 saturated heterocycles. The Labute approximate surface area is 61.0 Å². The molecule has 3 atom stereocenters. The van der Waals surface area contributed by atoms with Crippen molar-refractivity contribution in [3.05, 3.63) is 0 Å². The number of nitrogens with two attached hydrogens (primary N) is 2. The summed E-state index contributed by atoms with van der Waals surface area (Å²) in [5, 5.41) is 8.55. The van der Waals surface area contributed by atoms with E-state index in [-0.39, 0.29) is 18.0 Å². The van der Waals surface area contributed by atoms with E-state index in [1.165, 1.54) is 0 Å². The molecule has 3 nitrogen and oxygen atoms in total. The normalized spacial score (nSPS) is 40.7. The second-order valence-electron chi connectivity index (χ2n) is 2.97. The lowest BCUT2D eigenvalue weighted by Gasteiger charge is -2.27. The quantitative estimate of drug-likeness (QED) is 0.494. The number of nitriles is 1. The molecule has 1 saturated carbocycles. The zero-order valence-electron chi connectivity index (χ0n) is 5.96. The summed E-state index contributed by atoms with van der Waals surface area (Å²) in [4.78, 5) is 0. The Kier molecular flexibility index (Phi) is 2.25. The molecule has 0 aromatic carbocycles. The molecule has 4 N–H and O–H groups in total. The Balaban J connectivity index is 2.42. The van der Waals surface area contributed by atoms with Gasteiger partial charge in [-0.25, -0.2) is 0 Å². The van der Waals surface area contributed by atoms with E-state index < -0.39 is 0 Å². The Morgan fingerprint density at radius 3 is 2.40 bits per heavy atom. The van der Waals surface area contributed by atoms with Gasteiger partial charge in [-0.05, 0) is 19.3 Å². The van der Waals surface area contributed by atoms with Crippen LogP contribution in [0, 0.1) is 17.2 Å². The summed E-state index contributed by atoms with van der Waals surface area (Å²) >= 11 is 0. The van der Waals surface area contributed by atoms with E-state index in [2.05, 4.69) is 6.07 Å². The van der Waals surface area contributed by atoms with E-state index in [4.69, 9.17) is 16.7 Å². The van der Waals surface area contributed by atoms with Crippen LogP contribution in [0.2, 0.25) is 0 Å². The van der Waals surface area contributed by atoms with Gasteiger partial charge in [0, 0.05) is 18.0 Å². The van der Waals surface area contributed by atoms with E-state index in [0.717, 1.165) is 19.3 Å². The SMILES string of the molecule is N#CC1CCC(N)C(N)C1. The second kappa shape index (κ2) is 3.00. The molecule has 56 valence electrons. The summed E-state index contributed by atoms with van der Waals surface area (Å²) in [6.07, 6.45) is 2.60. The predicted octanol–water partition coefficient (Wildman–Crippen LogP) is -0.0353. The van der Waals surface area contributed by atoms with E-state index >= 15 is 0 Å². The van der Waals surface area contributed by atoms with Crippen LogP contribution in [0.3, 0.4) is 0 Å². The minimum atomic E-state index is 0.0402. The summed E-state index contributed by atoms with van der Waals surface area (Å²) in [5.41, 5.74) is 11.3. The van der Waals surface area contributed by atoms with Gasteiger partial charge in [0.15, 0.2) is 0 Å². The van der Waals surface area contributed by atoms with Gasteiger partial charge < -0.3 is 11.5 Å². The van der Waals surface area contributed by atoms with Gasteiger partial charge in [-0.1, -0.05) is 0 Å². The van der Waals surface area contributed by atoms with Crippen LogP contribution in [0.5, 0.6) is 0 Å². The largest absolute Gasteiger partial charge is 0.326 e. The van der Waals surface area contributed by atoms with Crippen molar-refractivity contribution >= 4 is 0 Å². The van der Waals surface area contributed by atoms with Crippen molar-refractivity contribution in [2.24, 2.45) is 17.4 Å². The lowest BCUT2D eigenvalue weighted by Crippen LogP contribution is -2.45. The summed E-state index contributed by atoms with van der Waals surface area (Å²) in [7, 11) is 0. The van der Waals surface area contributed by atoms with Crippen molar-refractivity contribution in [1.82, 2.24) is 0 Å². The van der Waals surface area contributed by atoms with Crippen LogP contribution in [0.15, 0.2) is 0 Å². The van der Waals surface area contributed by atoms with Crippen LogP contribution >= 0.6 is 0 Å². The van der Waals surface area contributed by atoms with E-state index in [9.17, 15) is 0 Å². The maximum Gasteiger partial charge on any atom is 0.0656 e. The van der Waals surface area contributed by atoms with E-state index in [1.807, 2.05) is 0 Å². The molecule has 1 fully saturated rings. The highest BCUT2D eigenvalue weighted by molar-refractivity contribution is 4.93. The summed E-state index contributed by atoms with van der Waals surface area (Å²) in [6.45, 7) is 0. The average molecular weight is 139 g/mol. The third-order valence-corrected chi connectivity index (χ3v) is 2.14. The molecule has 0 aromatic heterocycles. The molecule has 0 aromatic rings. The number of nitrogens with zero attached hydrogens (tertiary/aromatic N) is 1. The Morgan fingerprint density at radius 2 is 1.90 bits per heavy atom. The maximum absolute atomic E-state index is 8.55. The van der Waals surface area contributed by atoms with Crippen molar-refractivity contribution in [2.75, 3.05) is 0 Å². The lowest BCUT2D eigenvalue weighted by molar-refractivity contribution is 0.335. The van der Waals surface area contributed by atoms with Crippen molar-refractivity contribution in [2.45, 2.75) is 31.3 Å². The van der Waals surface area contributed by atoms with Gasteiger partial charge in [0.05, 0.1) is 6.07 Å². The number of hydrogen-bond acceptors (Lipinski definition) is 3. The first-order valence-corrected chi connectivity index (χ1v) is 3.65. The van der Waals surface area contributed by atoms with Crippen LogP contribution < -0.4 is 11.5 Å². The molecule has 1 aliphatic rings. The summed E-state index contributed by atoms with van der Waals surface area (Å²) in [5.74, 6) is 0.148. The van der Waals surface area contributed by atoms with Crippen LogP contribution in [-0.4, -0.2) is 12.1 Å². The molecule has 3 heteroatoms. The molecule has 1 aliphatic carbocycles. The number of rotatable bonds is 0. The predicted molar refractivity (Wildman–Crippen MR) is 38.9 cm³/mol. The highest BCUT2D eigenvalue weighted by Gasteiger charge is 2.24. The average Bonchev–Trinajstić information content (AvgIpc) is 1.95. The molecule has 1 rings (SSSR count). The summed E-state index contributed by atoms with van der Waals surface area (Å²) < 4.78 is 0. The van der Waals surface area contributed by atoms with Crippen molar-refractivity contribution in [3.63, 3.8) is 0 Å². The van der Waals surface area contributed by atoms with Gasteiger partial charge in [0.2, 0.25) is 0 Å². The van der Waals surface area contributed by atoms with Crippen LogP contribution in [-0.2, 0) is 0 Å². The monoisotopic (exact) mass is 139 g/mol. The van der Waals surface area contributed by atoms with Crippen LogP contribution in [0.4, 0.5) is 0 Å². The van der Waals surface area contributed by atoms with Gasteiger partial charge in [-0.15, -0.1) is 0 Å². The number of hydrogen-bond donors (Lipinski definition) is 2. The van der Waals surface area contributed by atoms with Crippen molar-refractivity contribution in [1.29, 1.82) is 5.26 Å². The molecule has 0 amide bonds. The minimum absolute atomic E-state index is 0.0402. The molecular formula is C7H13N3. The molecule has 10 heavy (non-hydrogen) atoms. The van der Waals surface area contributed by atoms with Crippen molar-refractivity contribution < 1.29 is 0 Å². The Bertz CT molecular complexity index is 149. The molecule has 0 spiro atoms. The van der Waals surface area contributed by atoms with Crippen LogP contribution in [0.25, 0.3) is 0 Å². The zero-order chi connectivity index (χ0) is 7.56. The highest BCUT2D eigenvalue weighted by atomic mass is 14.8. The molecular weight excluding hydrogens is 126 g/mol. The molecule has 0 radical (unpaired) electrons. The fraction of sp³-hybridized carbons (Fsp3) is 0.857. The third kappa shape index (κ3) is 1.47. The fourth-order valence-electron chi connectivity index (χ4n) is 1.35. The van der Waals surface area contributed by atoms with Gasteiger partial charge in [-0.2, -0.15) is 5.26 Å². The van der Waals surface area contributed by atoms with Gasteiger partial charge >= 0.3 is 0 Å². The second-order valence-corrected chi connectivity index (χ2v) is 2.97. The highest BCUT2D eigenvalue weighted by Crippen LogP contribution is 2.21. The van der Waals surface area contributed by atoms with Gasteiger partial charge in [-0.3, -0.25) is 0 Å². The molecule has 0 bridgehead atoms. The Hall–Kier alpha value is -0.590. The van der Waals surface area contributed by atoms with Gasteiger partial charge in [0.25, 0.3) is 0 Å². The topological polar surface area (TPSA) is 75.8 Å². The fourth-order valence-corrected chi connectivity index (χ4v) is 1.35. The third-order valence-electron chi connectivity index (χ3n) is 2.14. The zero-order valence-corrected chi connectivity index (χ0v) is 5.96. The van der Waals surface area contributed by atoms with E-state index in [0.29, 0.717) is 0 Å².